The van der Waals surface area contributed by atoms with Crippen LogP contribution in [0.15, 0.2) is 9.98 Å². The first-order valence-electron chi connectivity index (χ1n) is 5.12. The Bertz CT molecular complexity index is 447. The van der Waals surface area contributed by atoms with E-state index in [1.165, 1.54) is 13.1 Å². The molecule has 9 heteroatoms. The Morgan fingerprint density at radius 1 is 1.42 bits per heavy atom. The van der Waals surface area contributed by atoms with E-state index in [2.05, 4.69) is 14.7 Å². The van der Waals surface area contributed by atoms with Crippen molar-refractivity contribution < 1.29 is 27.5 Å². The fraction of sp³-hybridized carbons (Fsp3) is 0.600. The van der Waals surface area contributed by atoms with Gasteiger partial charge in [-0.3, -0.25) is 9.79 Å². The number of methoxy groups -OCH3 is 1. The standard InChI is InChI=1S/C10H12F3N3O3/c1-8(4-15-5-16-8)3-9(14,7(18)19-2)6(17)10(11,12)13/h4-5H,3,14H2,1-2H3/t8?,9-/m1/s1. The van der Waals surface area contributed by atoms with E-state index in [0.29, 0.717) is 0 Å². The number of halogens is 3. The van der Waals surface area contributed by atoms with Gasteiger partial charge in [0.15, 0.2) is 5.54 Å². The fourth-order valence-electron chi connectivity index (χ4n) is 1.73. The molecule has 19 heavy (non-hydrogen) atoms. The molecule has 0 bridgehead atoms. The lowest BCUT2D eigenvalue weighted by molar-refractivity contribution is -0.183. The number of hydrogen-bond acceptors (Lipinski definition) is 6. The first-order chi connectivity index (χ1) is 8.55. The van der Waals surface area contributed by atoms with Crippen molar-refractivity contribution in [3.8, 4) is 0 Å². The van der Waals surface area contributed by atoms with E-state index in [-0.39, 0.29) is 0 Å². The molecule has 0 aromatic carbocycles. The number of carbonyl (C=O) groups excluding carboxylic acids is 2. The van der Waals surface area contributed by atoms with Gasteiger partial charge in [0.25, 0.3) is 5.78 Å². The van der Waals surface area contributed by atoms with Crippen molar-refractivity contribution in [2.45, 2.75) is 30.6 Å². The molecule has 0 amide bonds. The molecule has 0 aromatic rings. The van der Waals surface area contributed by atoms with Crippen LogP contribution in [0.3, 0.4) is 0 Å². The molecule has 1 rings (SSSR count). The van der Waals surface area contributed by atoms with E-state index in [1.807, 2.05) is 0 Å². The number of nitrogens with zero attached hydrogens (tertiary/aromatic N) is 2. The third kappa shape index (κ3) is 2.98. The molecule has 1 aliphatic heterocycles. The van der Waals surface area contributed by atoms with Gasteiger partial charge in [-0.1, -0.05) is 0 Å². The number of Topliss-reactive ketones (excluding diaryl/α,β-unsaturated/α-hetero) is 1. The second-order valence-corrected chi connectivity index (χ2v) is 4.35. The number of ketones is 1. The van der Waals surface area contributed by atoms with Crippen molar-refractivity contribution in [2.75, 3.05) is 7.11 Å². The van der Waals surface area contributed by atoms with Gasteiger partial charge in [-0.25, -0.2) is 9.79 Å². The molecule has 1 unspecified atom stereocenters. The molecule has 1 heterocycles. The Labute approximate surface area is 106 Å². The summed E-state index contributed by atoms with van der Waals surface area (Å²) in [4.78, 5) is 30.2. The van der Waals surface area contributed by atoms with Crippen LogP contribution in [-0.4, -0.2) is 48.7 Å². The molecule has 106 valence electrons. The smallest absolute Gasteiger partial charge is 0.452 e. The molecule has 2 atom stereocenters. The monoisotopic (exact) mass is 279 g/mol. The molecule has 2 N–H and O–H groups in total. The summed E-state index contributed by atoms with van der Waals surface area (Å²) >= 11 is 0. The predicted octanol–water partition coefficient (Wildman–Crippen LogP) is 0.250. The summed E-state index contributed by atoms with van der Waals surface area (Å²) in [5.41, 5.74) is 1.26. The maximum atomic E-state index is 12.5. The van der Waals surface area contributed by atoms with Crippen LogP contribution >= 0.6 is 0 Å². The zero-order valence-corrected chi connectivity index (χ0v) is 10.2. The molecule has 0 aliphatic carbocycles. The third-order valence-corrected chi connectivity index (χ3v) is 2.62. The Balaban J connectivity index is 3.14. The average molecular weight is 279 g/mol. The van der Waals surface area contributed by atoms with Crippen LogP contribution in [0.1, 0.15) is 13.3 Å². The Morgan fingerprint density at radius 2 is 2.00 bits per heavy atom. The van der Waals surface area contributed by atoms with E-state index in [0.717, 1.165) is 13.4 Å². The third-order valence-electron chi connectivity index (χ3n) is 2.62. The minimum atomic E-state index is -5.25. The van der Waals surface area contributed by atoms with Gasteiger partial charge in [0.2, 0.25) is 0 Å². The van der Waals surface area contributed by atoms with Crippen molar-refractivity contribution in [3.05, 3.63) is 0 Å². The van der Waals surface area contributed by atoms with E-state index in [4.69, 9.17) is 5.73 Å². The van der Waals surface area contributed by atoms with Crippen LogP contribution in [0.5, 0.6) is 0 Å². The minimum absolute atomic E-state index is 0.689. The highest BCUT2D eigenvalue weighted by Gasteiger charge is 2.58. The van der Waals surface area contributed by atoms with Crippen LogP contribution in [0.2, 0.25) is 0 Å². The second kappa shape index (κ2) is 4.72. The van der Waals surface area contributed by atoms with Crippen LogP contribution in [0, 0.1) is 0 Å². The lowest BCUT2D eigenvalue weighted by Crippen LogP contribution is -2.62. The van der Waals surface area contributed by atoms with Gasteiger partial charge in [-0.15, -0.1) is 0 Å². The Morgan fingerprint density at radius 3 is 2.37 bits per heavy atom. The Kier molecular flexibility index (Phi) is 3.80. The van der Waals surface area contributed by atoms with Crippen LogP contribution in [-0.2, 0) is 14.3 Å². The first-order valence-corrected chi connectivity index (χ1v) is 5.12. The van der Waals surface area contributed by atoms with Gasteiger partial charge in [0.1, 0.15) is 6.34 Å². The van der Waals surface area contributed by atoms with Crippen LogP contribution < -0.4 is 5.73 Å². The zero-order chi connectivity index (χ0) is 14.9. The van der Waals surface area contributed by atoms with Gasteiger partial charge in [0.05, 0.1) is 12.6 Å². The van der Waals surface area contributed by atoms with Crippen molar-refractivity contribution in [1.82, 2.24) is 0 Å². The van der Waals surface area contributed by atoms with Gasteiger partial charge in [-0.05, 0) is 6.92 Å². The summed E-state index contributed by atoms with van der Waals surface area (Å²) < 4.78 is 41.8. The number of rotatable bonds is 4. The highest BCUT2D eigenvalue weighted by atomic mass is 19.4. The summed E-state index contributed by atoms with van der Waals surface area (Å²) in [5.74, 6) is -3.84. The van der Waals surface area contributed by atoms with E-state index < -0.39 is 35.4 Å². The summed E-state index contributed by atoms with van der Waals surface area (Å²) in [6.07, 6.45) is -3.62. The number of ether oxygens (including phenoxy) is 1. The van der Waals surface area contributed by atoms with Gasteiger partial charge in [-0.2, -0.15) is 13.2 Å². The molecular weight excluding hydrogens is 267 g/mol. The molecule has 0 spiro atoms. The van der Waals surface area contributed by atoms with Crippen molar-refractivity contribution in [1.29, 1.82) is 0 Å². The topological polar surface area (TPSA) is 94.1 Å². The molecular formula is C10H12F3N3O3. The van der Waals surface area contributed by atoms with Crippen molar-refractivity contribution in [3.63, 3.8) is 0 Å². The summed E-state index contributed by atoms with van der Waals surface area (Å²) in [6, 6.07) is 0. The van der Waals surface area contributed by atoms with Gasteiger partial charge >= 0.3 is 12.1 Å². The molecule has 0 radical (unpaired) electrons. The number of nitrogens with two attached hydrogens (primary N) is 1. The molecule has 1 aliphatic rings. The largest absolute Gasteiger partial charge is 0.467 e. The van der Waals surface area contributed by atoms with Gasteiger partial charge < -0.3 is 10.5 Å². The van der Waals surface area contributed by atoms with Gasteiger partial charge in [0, 0.05) is 12.6 Å². The zero-order valence-electron chi connectivity index (χ0n) is 10.2. The number of aliphatic imine (C=N–C) groups is 2. The second-order valence-electron chi connectivity index (χ2n) is 4.35. The van der Waals surface area contributed by atoms with Crippen LogP contribution in [0.4, 0.5) is 13.2 Å². The van der Waals surface area contributed by atoms with Crippen LogP contribution in [0.25, 0.3) is 0 Å². The normalized spacial score (nSPS) is 25.2. The highest BCUT2D eigenvalue weighted by molar-refractivity contribution is 6.11. The van der Waals surface area contributed by atoms with E-state index in [1.54, 1.807) is 0 Å². The number of carbonyl (C=O) groups is 2. The molecule has 0 saturated heterocycles. The minimum Gasteiger partial charge on any atom is -0.467 e. The number of hydrogen-bond donors (Lipinski definition) is 1. The highest BCUT2D eigenvalue weighted by Crippen LogP contribution is 2.31. The quantitative estimate of drug-likeness (QED) is 0.589. The molecule has 0 aromatic heterocycles. The maximum absolute atomic E-state index is 12.5. The SMILES string of the molecule is COC(=O)[C@@](N)(CC1(C)C=NC=N1)C(=O)C(F)(F)F. The van der Waals surface area contributed by atoms with E-state index in [9.17, 15) is 22.8 Å². The number of alkyl halides is 3. The summed E-state index contributed by atoms with van der Waals surface area (Å²) in [6.45, 7) is 1.40. The molecule has 0 fully saturated rings. The van der Waals surface area contributed by atoms with Crippen molar-refractivity contribution in [2.24, 2.45) is 15.7 Å². The lowest BCUT2D eigenvalue weighted by Gasteiger charge is -2.30. The van der Waals surface area contributed by atoms with E-state index >= 15 is 0 Å². The fourth-order valence-corrected chi connectivity index (χ4v) is 1.73. The predicted molar refractivity (Wildman–Crippen MR) is 60.0 cm³/mol. The molecule has 6 nitrogen and oxygen atoms in total. The van der Waals surface area contributed by atoms with Crippen molar-refractivity contribution >= 4 is 24.3 Å². The Hall–Kier alpha value is -1.77. The average Bonchev–Trinajstić information content (AvgIpc) is 2.72. The maximum Gasteiger partial charge on any atom is 0.452 e. The molecule has 0 saturated carbocycles. The first kappa shape index (κ1) is 15.3. The number of esters is 1. The lowest BCUT2D eigenvalue weighted by atomic mass is 9.81. The summed E-state index contributed by atoms with van der Waals surface area (Å²) in [7, 11) is 0.849. The summed E-state index contributed by atoms with van der Waals surface area (Å²) in [5, 5.41) is 0.